The first-order valence-corrected chi connectivity index (χ1v) is 11.0. The lowest BCUT2D eigenvalue weighted by molar-refractivity contribution is 0.102. The van der Waals surface area contributed by atoms with Gasteiger partial charge in [-0.15, -0.1) is 0 Å². The zero-order chi connectivity index (χ0) is 25.2. The minimum absolute atomic E-state index is 0.279. The number of pyridine rings is 1. The van der Waals surface area contributed by atoms with Gasteiger partial charge < -0.3 is 16.0 Å². The Morgan fingerprint density at radius 3 is 2.60 bits per heavy atom. The van der Waals surface area contributed by atoms with Crippen LogP contribution in [0.5, 0.6) is 0 Å². The first-order valence-electron chi connectivity index (χ1n) is 11.0. The number of halogens is 1. The highest BCUT2D eigenvalue weighted by molar-refractivity contribution is 6.04. The van der Waals surface area contributed by atoms with Gasteiger partial charge in [0.1, 0.15) is 23.6 Å². The van der Waals surface area contributed by atoms with Crippen LogP contribution >= 0.6 is 0 Å². The summed E-state index contributed by atoms with van der Waals surface area (Å²) in [5, 5.41) is 13.8. The van der Waals surface area contributed by atoms with E-state index in [1.54, 1.807) is 23.9 Å². The standard InChI is InChI=1S/C25H27FN8O/c1-15-6-7-19(31-24(35)17-9-18(13-28-12-17)25(3,4)26)10-20(15)32-23-8-16(2)33-34(23)22-11-21(27-5)29-14-30-22/h6-14,32H,1-5H3,(H,31,35)(H,27,29,30). The zero-order valence-corrected chi connectivity index (χ0v) is 20.2. The number of carbonyl (C=O) groups excluding carboxylic acids is 1. The average molecular weight is 475 g/mol. The number of carbonyl (C=O) groups is 1. The molecule has 3 heterocycles. The maximum absolute atomic E-state index is 14.3. The van der Waals surface area contributed by atoms with Gasteiger partial charge in [0.05, 0.1) is 11.3 Å². The largest absolute Gasteiger partial charge is 0.373 e. The minimum atomic E-state index is -1.59. The highest BCUT2D eigenvalue weighted by atomic mass is 19.1. The number of aryl methyl sites for hydroxylation is 2. The number of nitrogens with zero attached hydrogens (tertiary/aromatic N) is 5. The smallest absolute Gasteiger partial charge is 0.257 e. The number of rotatable bonds is 7. The van der Waals surface area contributed by atoms with Crippen LogP contribution in [0, 0.1) is 13.8 Å². The first kappa shape index (κ1) is 23.8. The summed E-state index contributed by atoms with van der Waals surface area (Å²) in [5.74, 6) is 1.60. The van der Waals surface area contributed by atoms with Crippen LogP contribution in [0.1, 0.15) is 41.0 Å². The molecular formula is C25H27FN8O. The Morgan fingerprint density at radius 2 is 1.86 bits per heavy atom. The van der Waals surface area contributed by atoms with Crippen LogP contribution in [0.15, 0.2) is 55.1 Å². The van der Waals surface area contributed by atoms with Crippen molar-refractivity contribution < 1.29 is 9.18 Å². The number of anilines is 4. The number of amides is 1. The molecule has 0 saturated heterocycles. The normalized spacial score (nSPS) is 11.3. The molecule has 3 aromatic heterocycles. The molecule has 1 aromatic carbocycles. The average Bonchev–Trinajstić information content (AvgIpc) is 3.20. The van der Waals surface area contributed by atoms with Gasteiger partial charge >= 0.3 is 0 Å². The Bertz CT molecular complexity index is 1380. The molecule has 0 aliphatic carbocycles. The van der Waals surface area contributed by atoms with Gasteiger partial charge in [-0.25, -0.2) is 14.4 Å². The molecule has 9 nitrogen and oxygen atoms in total. The molecule has 0 radical (unpaired) electrons. The fourth-order valence-electron chi connectivity index (χ4n) is 3.43. The van der Waals surface area contributed by atoms with Gasteiger partial charge in [0.25, 0.3) is 5.91 Å². The van der Waals surface area contributed by atoms with Crippen LogP contribution in [0.4, 0.5) is 27.4 Å². The summed E-state index contributed by atoms with van der Waals surface area (Å²) >= 11 is 0. The maximum atomic E-state index is 14.3. The second kappa shape index (κ2) is 9.49. The molecule has 0 unspecified atom stereocenters. The van der Waals surface area contributed by atoms with Crippen molar-refractivity contribution >= 4 is 28.9 Å². The van der Waals surface area contributed by atoms with Crippen molar-refractivity contribution in [3.8, 4) is 5.82 Å². The minimum Gasteiger partial charge on any atom is -0.373 e. The Hall–Kier alpha value is -4.34. The molecule has 0 spiro atoms. The molecule has 3 N–H and O–H groups in total. The van der Waals surface area contributed by atoms with E-state index in [0.717, 1.165) is 16.9 Å². The molecule has 1 amide bonds. The molecule has 4 rings (SSSR count). The summed E-state index contributed by atoms with van der Waals surface area (Å²) in [6.45, 7) is 6.71. The predicted octanol–water partition coefficient (Wildman–Crippen LogP) is 4.92. The van der Waals surface area contributed by atoms with Crippen molar-refractivity contribution in [1.29, 1.82) is 0 Å². The van der Waals surface area contributed by atoms with Crippen LogP contribution < -0.4 is 16.0 Å². The Kier molecular flexibility index (Phi) is 6.46. The monoisotopic (exact) mass is 474 g/mol. The van der Waals surface area contributed by atoms with Gasteiger partial charge in [0.2, 0.25) is 0 Å². The van der Waals surface area contributed by atoms with E-state index in [2.05, 4.69) is 36.0 Å². The van der Waals surface area contributed by atoms with Gasteiger partial charge in [-0.1, -0.05) is 6.07 Å². The van der Waals surface area contributed by atoms with E-state index >= 15 is 0 Å². The topological polar surface area (TPSA) is 110 Å². The molecule has 180 valence electrons. The fraction of sp³-hybridized carbons (Fsp3) is 0.240. The molecule has 0 bridgehead atoms. The maximum Gasteiger partial charge on any atom is 0.257 e. The van der Waals surface area contributed by atoms with Crippen molar-refractivity contribution in [1.82, 2.24) is 24.7 Å². The summed E-state index contributed by atoms with van der Waals surface area (Å²) in [5.41, 5.74) is 2.16. The summed E-state index contributed by atoms with van der Waals surface area (Å²) in [6, 6.07) is 10.7. The fourth-order valence-corrected chi connectivity index (χ4v) is 3.43. The second-order valence-electron chi connectivity index (χ2n) is 8.64. The molecule has 0 fully saturated rings. The third-order valence-electron chi connectivity index (χ3n) is 5.40. The Morgan fingerprint density at radius 1 is 1.06 bits per heavy atom. The highest BCUT2D eigenvalue weighted by Gasteiger charge is 2.21. The quantitative estimate of drug-likeness (QED) is 0.349. The van der Waals surface area contributed by atoms with E-state index in [0.29, 0.717) is 28.7 Å². The lowest BCUT2D eigenvalue weighted by Crippen LogP contribution is -2.15. The van der Waals surface area contributed by atoms with E-state index in [4.69, 9.17) is 0 Å². The Balaban J connectivity index is 1.59. The van der Waals surface area contributed by atoms with E-state index in [1.165, 1.54) is 38.6 Å². The van der Waals surface area contributed by atoms with Gasteiger partial charge in [-0.3, -0.25) is 9.78 Å². The first-order chi connectivity index (χ1) is 16.6. The number of benzene rings is 1. The van der Waals surface area contributed by atoms with E-state index in [1.807, 2.05) is 32.0 Å². The Labute approximate surface area is 202 Å². The SMILES string of the molecule is CNc1cc(-n2nc(C)cc2Nc2cc(NC(=O)c3cncc(C(C)(C)F)c3)ccc2C)ncn1. The van der Waals surface area contributed by atoms with E-state index in [9.17, 15) is 9.18 Å². The number of hydrogen-bond acceptors (Lipinski definition) is 7. The van der Waals surface area contributed by atoms with Crippen molar-refractivity contribution in [2.24, 2.45) is 0 Å². The van der Waals surface area contributed by atoms with Crippen molar-refractivity contribution in [3.63, 3.8) is 0 Å². The second-order valence-corrected chi connectivity index (χ2v) is 8.64. The predicted molar refractivity (Wildman–Crippen MR) is 134 cm³/mol. The van der Waals surface area contributed by atoms with Crippen LogP contribution in [-0.2, 0) is 5.67 Å². The molecule has 0 aliphatic rings. The molecule has 0 aliphatic heterocycles. The molecule has 4 aromatic rings. The zero-order valence-electron chi connectivity index (χ0n) is 20.2. The third-order valence-corrected chi connectivity index (χ3v) is 5.40. The highest BCUT2D eigenvalue weighted by Crippen LogP contribution is 2.28. The molecule has 0 saturated carbocycles. The number of nitrogens with one attached hydrogen (secondary N) is 3. The van der Waals surface area contributed by atoms with Gasteiger partial charge in [0.15, 0.2) is 5.82 Å². The lowest BCUT2D eigenvalue weighted by atomic mass is 10.0. The third kappa shape index (κ3) is 5.43. The van der Waals surface area contributed by atoms with Gasteiger partial charge in [-0.05, 0) is 51.5 Å². The number of aromatic nitrogens is 5. The van der Waals surface area contributed by atoms with Gasteiger partial charge in [-0.2, -0.15) is 9.78 Å². The van der Waals surface area contributed by atoms with E-state index < -0.39 is 5.67 Å². The van der Waals surface area contributed by atoms with Crippen LogP contribution in [0.2, 0.25) is 0 Å². The molecule has 35 heavy (non-hydrogen) atoms. The molecular weight excluding hydrogens is 447 g/mol. The summed E-state index contributed by atoms with van der Waals surface area (Å²) in [7, 11) is 1.79. The molecule has 10 heteroatoms. The van der Waals surface area contributed by atoms with Crippen molar-refractivity contribution in [3.05, 3.63) is 77.5 Å². The van der Waals surface area contributed by atoms with Crippen LogP contribution in [-0.4, -0.2) is 37.7 Å². The summed E-state index contributed by atoms with van der Waals surface area (Å²) in [6.07, 6.45) is 4.31. The number of hydrogen-bond donors (Lipinski definition) is 3. The van der Waals surface area contributed by atoms with Gasteiger partial charge in [0, 0.05) is 48.5 Å². The van der Waals surface area contributed by atoms with Crippen molar-refractivity contribution in [2.45, 2.75) is 33.4 Å². The molecule has 0 atom stereocenters. The summed E-state index contributed by atoms with van der Waals surface area (Å²) in [4.78, 5) is 25.3. The van der Waals surface area contributed by atoms with Crippen molar-refractivity contribution in [2.75, 3.05) is 23.0 Å². The lowest BCUT2D eigenvalue weighted by Gasteiger charge is -2.15. The van der Waals surface area contributed by atoms with E-state index in [-0.39, 0.29) is 11.5 Å². The number of alkyl halides is 1. The summed E-state index contributed by atoms with van der Waals surface area (Å²) < 4.78 is 16.0. The van der Waals surface area contributed by atoms with Crippen LogP contribution in [0.25, 0.3) is 5.82 Å². The van der Waals surface area contributed by atoms with Crippen LogP contribution in [0.3, 0.4) is 0 Å².